The topological polar surface area (TPSA) is 50.7 Å². The van der Waals surface area contributed by atoms with Gasteiger partial charge in [0, 0.05) is 5.56 Å². The maximum atomic E-state index is 12.8. The van der Waals surface area contributed by atoms with Crippen molar-refractivity contribution in [1.82, 2.24) is 5.43 Å². The molecule has 2 rings (SSSR count). The number of carbonyl (C=O) groups is 1. The Kier molecular flexibility index (Phi) is 4.25. The molecule has 0 aliphatic rings. The molecule has 1 heterocycles. The third-order valence-electron chi connectivity index (χ3n) is 2.31. The maximum absolute atomic E-state index is 12.8. The molecule has 0 fully saturated rings. The van der Waals surface area contributed by atoms with Crippen molar-refractivity contribution in [3.05, 3.63) is 52.0 Å². The van der Waals surface area contributed by atoms with E-state index in [1.165, 1.54) is 18.3 Å². The highest BCUT2D eigenvalue weighted by Gasteiger charge is 2.07. The van der Waals surface area contributed by atoms with Gasteiger partial charge in [-0.1, -0.05) is 12.1 Å². The molecule has 0 radical (unpaired) electrons. The summed E-state index contributed by atoms with van der Waals surface area (Å²) in [5.41, 5.74) is 3.07. The molecule has 0 spiro atoms. The van der Waals surface area contributed by atoms with E-state index >= 15 is 0 Å². The van der Waals surface area contributed by atoms with Crippen molar-refractivity contribution in [1.29, 1.82) is 0 Å². The predicted molar refractivity (Wildman–Crippen MR) is 72.3 cm³/mol. The lowest BCUT2D eigenvalue weighted by Crippen LogP contribution is -2.16. The Hall–Kier alpha value is -2.21. The first-order chi connectivity index (χ1) is 9.20. The number of carbonyl (C=O) groups excluding carboxylic acids is 1. The second kappa shape index (κ2) is 6.10. The number of rotatable bonds is 4. The Labute approximate surface area is 113 Å². The molecule has 0 bridgehead atoms. The molecule has 0 atom stereocenters. The molecular formula is C13H11FN2O2S. The number of nitrogens with zero attached hydrogens (tertiary/aromatic N) is 1. The van der Waals surface area contributed by atoms with Crippen LogP contribution in [0.15, 0.2) is 41.5 Å². The van der Waals surface area contributed by atoms with Gasteiger partial charge in [-0.3, -0.25) is 4.79 Å². The molecule has 1 N–H and O–H groups in total. The first-order valence-corrected chi connectivity index (χ1v) is 6.24. The third kappa shape index (κ3) is 3.38. The van der Waals surface area contributed by atoms with Crippen LogP contribution in [0.4, 0.5) is 4.39 Å². The number of ether oxygens (including phenoxy) is 1. The summed E-state index contributed by atoms with van der Waals surface area (Å²) in [4.78, 5) is 11.9. The highest BCUT2D eigenvalue weighted by molar-refractivity contribution is 7.12. The first-order valence-electron chi connectivity index (χ1n) is 5.42. The number of hydrogen-bond donors (Lipinski definition) is 1. The summed E-state index contributed by atoms with van der Waals surface area (Å²) in [5, 5.41) is 3.41. The first kappa shape index (κ1) is 13.2. The van der Waals surface area contributed by atoms with Gasteiger partial charge in [0.2, 0.25) is 0 Å². The van der Waals surface area contributed by atoms with E-state index in [1.807, 2.05) is 12.1 Å². The molecule has 1 amide bonds. The number of nitrogens with one attached hydrogen (secondary N) is 1. The van der Waals surface area contributed by atoms with Crippen molar-refractivity contribution in [3.8, 4) is 5.75 Å². The van der Waals surface area contributed by atoms with Crippen molar-refractivity contribution in [3.63, 3.8) is 0 Å². The lowest BCUT2D eigenvalue weighted by molar-refractivity contribution is 0.0959. The Morgan fingerprint density at radius 2 is 2.16 bits per heavy atom. The van der Waals surface area contributed by atoms with E-state index in [0.29, 0.717) is 5.75 Å². The average Bonchev–Trinajstić information content (AvgIpc) is 2.86. The minimum absolute atomic E-state index is 0.273. The molecule has 1 aromatic heterocycles. The van der Waals surface area contributed by atoms with Crippen molar-refractivity contribution in [2.45, 2.75) is 0 Å². The van der Waals surface area contributed by atoms with Crippen molar-refractivity contribution in [2.75, 3.05) is 7.11 Å². The Balaban J connectivity index is 2.02. The summed E-state index contributed by atoms with van der Waals surface area (Å²) in [6.45, 7) is 0. The predicted octanol–water partition coefficient (Wildman–Crippen LogP) is 2.66. The molecule has 0 aliphatic carbocycles. The van der Waals surface area contributed by atoms with Crippen LogP contribution in [0, 0.1) is 5.13 Å². The van der Waals surface area contributed by atoms with Crippen LogP contribution in [-0.2, 0) is 0 Å². The van der Waals surface area contributed by atoms with Gasteiger partial charge < -0.3 is 4.74 Å². The summed E-state index contributed by atoms with van der Waals surface area (Å²) in [6.07, 6.45) is 1.47. The molecule has 0 aliphatic heterocycles. The van der Waals surface area contributed by atoms with E-state index in [1.54, 1.807) is 19.2 Å². The normalized spacial score (nSPS) is 10.6. The molecule has 6 heteroatoms. The molecule has 4 nitrogen and oxygen atoms in total. The Bertz CT molecular complexity index is 610. The molecule has 1 aromatic carbocycles. The SMILES string of the molecule is COc1ccccc1C=NNC(=O)c1ccc(F)s1. The van der Waals surface area contributed by atoms with Gasteiger partial charge in [-0.05, 0) is 24.3 Å². The number of para-hydroxylation sites is 1. The van der Waals surface area contributed by atoms with Gasteiger partial charge in [0.25, 0.3) is 5.91 Å². The highest BCUT2D eigenvalue weighted by atomic mass is 32.1. The summed E-state index contributed by atoms with van der Waals surface area (Å²) < 4.78 is 17.9. The van der Waals surface area contributed by atoms with Crippen molar-refractivity contribution >= 4 is 23.5 Å². The molecule has 19 heavy (non-hydrogen) atoms. The highest BCUT2D eigenvalue weighted by Crippen LogP contribution is 2.15. The summed E-state index contributed by atoms with van der Waals surface area (Å²) in [6, 6.07) is 9.91. The monoisotopic (exact) mass is 278 g/mol. The van der Waals surface area contributed by atoms with E-state index in [0.717, 1.165) is 16.9 Å². The number of thiophene rings is 1. The van der Waals surface area contributed by atoms with E-state index < -0.39 is 11.0 Å². The van der Waals surface area contributed by atoms with Crippen LogP contribution in [0.1, 0.15) is 15.2 Å². The molecule has 0 unspecified atom stereocenters. The van der Waals surface area contributed by atoms with Crippen molar-refractivity contribution in [2.24, 2.45) is 5.10 Å². The van der Waals surface area contributed by atoms with Crippen LogP contribution in [0.3, 0.4) is 0 Å². The van der Waals surface area contributed by atoms with Gasteiger partial charge in [0.05, 0.1) is 18.2 Å². The van der Waals surface area contributed by atoms with E-state index in [-0.39, 0.29) is 4.88 Å². The van der Waals surface area contributed by atoms with Gasteiger partial charge in [0.15, 0.2) is 5.13 Å². The number of hydrogen-bond acceptors (Lipinski definition) is 4. The van der Waals surface area contributed by atoms with E-state index in [2.05, 4.69) is 10.5 Å². The lowest BCUT2D eigenvalue weighted by atomic mass is 10.2. The van der Waals surface area contributed by atoms with Gasteiger partial charge in [-0.15, -0.1) is 11.3 Å². The van der Waals surface area contributed by atoms with Gasteiger partial charge in [-0.2, -0.15) is 9.49 Å². The fourth-order valence-corrected chi connectivity index (χ4v) is 2.05. The fraction of sp³-hybridized carbons (Fsp3) is 0.0769. The van der Waals surface area contributed by atoms with Crippen LogP contribution in [-0.4, -0.2) is 19.2 Å². The number of hydrazone groups is 1. The summed E-state index contributed by atoms with van der Waals surface area (Å²) in [5.74, 6) is 0.211. The largest absolute Gasteiger partial charge is 0.496 e. The molecule has 0 saturated heterocycles. The van der Waals surface area contributed by atoms with Gasteiger partial charge in [0.1, 0.15) is 5.75 Å². The lowest BCUT2D eigenvalue weighted by Gasteiger charge is -2.02. The summed E-state index contributed by atoms with van der Waals surface area (Å²) >= 11 is 0.772. The number of amides is 1. The van der Waals surface area contributed by atoms with E-state index in [9.17, 15) is 9.18 Å². The molecular weight excluding hydrogens is 267 g/mol. The van der Waals surface area contributed by atoms with Crippen LogP contribution in [0.25, 0.3) is 0 Å². The minimum Gasteiger partial charge on any atom is -0.496 e. The second-order valence-corrected chi connectivity index (χ2v) is 4.58. The Morgan fingerprint density at radius 3 is 2.84 bits per heavy atom. The zero-order chi connectivity index (χ0) is 13.7. The third-order valence-corrected chi connectivity index (χ3v) is 3.18. The molecule has 2 aromatic rings. The zero-order valence-electron chi connectivity index (χ0n) is 10.1. The van der Waals surface area contributed by atoms with Crippen LogP contribution in [0.2, 0.25) is 0 Å². The second-order valence-electron chi connectivity index (χ2n) is 3.54. The molecule has 0 saturated carbocycles. The van der Waals surface area contributed by atoms with Crippen molar-refractivity contribution < 1.29 is 13.9 Å². The van der Waals surface area contributed by atoms with Gasteiger partial charge >= 0.3 is 0 Å². The quantitative estimate of drug-likeness (QED) is 0.690. The molecule has 98 valence electrons. The minimum atomic E-state index is -0.444. The van der Waals surface area contributed by atoms with Crippen LogP contribution < -0.4 is 10.2 Å². The van der Waals surface area contributed by atoms with E-state index in [4.69, 9.17) is 4.74 Å². The smallest absolute Gasteiger partial charge is 0.281 e. The zero-order valence-corrected chi connectivity index (χ0v) is 10.9. The van der Waals surface area contributed by atoms with Crippen LogP contribution >= 0.6 is 11.3 Å². The average molecular weight is 278 g/mol. The maximum Gasteiger partial charge on any atom is 0.281 e. The van der Waals surface area contributed by atoms with Crippen LogP contribution in [0.5, 0.6) is 5.75 Å². The number of benzene rings is 1. The number of halogens is 1. The fourth-order valence-electron chi connectivity index (χ4n) is 1.42. The van der Waals surface area contributed by atoms with Gasteiger partial charge in [-0.25, -0.2) is 5.43 Å². The summed E-state index contributed by atoms with van der Waals surface area (Å²) in [7, 11) is 1.56. The Morgan fingerprint density at radius 1 is 1.37 bits per heavy atom. The number of methoxy groups -OCH3 is 1. The standard InChI is InChI=1S/C13H11FN2O2S/c1-18-10-5-3-2-4-9(10)8-15-16-13(17)11-6-7-12(14)19-11/h2-8H,1H3,(H,16,17).